The molecule has 124 valence electrons. The monoisotopic (exact) mass is 340 g/mol. The number of hydrogen-bond acceptors (Lipinski definition) is 6. The minimum atomic E-state index is -3.79. The molecule has 0 aromatic carbocycles. The highest BCUT2D eigenvalue weighted by molar-refractivity contribution is 7.74. The molecule has 0 spiro atoms. The Hall–Kier alpha value is -0.140. The van der Waals surface area contributed by atoms with Gasteiger partial charge in [-0.15, -0.1) is 12.3 Å². The van der Waals surface area contributed by atoms with Gasteiger partial charge in [0.25, 0.3) is 0 Å². The van der Waals surface area contributed by atoms with Gasteiger partial charge in [0.15, 0.2) is 4.90 Å². The lowest BCUT2D eigenvalue weighted by Crippen LogP contribution is -2.29. The molecule has 6 nitrogen and oxygen atoms in total. The van der Waals surface area contributed by atoms with Gasteiger partial charge in [-0.25, -0.2) is 0 Å². The molecule has 0 saturated heterocycles. The van der Waals surface area contributed by atoms with Crippen LogP contribution in [0.25, 0.3) is 0 Å². The Balaban J connectivity index is 6.03. The Morgan fingerprint density at radius 3 is 1.33 bits per heavy atom. The standard InChI is InChI=1S/C13H26O6P2/c1-7-12-13(6,20(14,16-8-2)17-9-3)21(15,18-10-4)19-11-5/h1H,8-12H2,2-6H3. The molecule has 0 aliphatic carbocycles. The summed E-state index contributed by atoms with van der Waals surface area (Å²) < 4.78 is 47.6. The van der Waals surface area contributed by atoms with Crippen molar-refractivity contribution in [3.8, 4) is 12.3 Å². The zero-order valence-electron chi connectivity index (χ0n) is 13.5. The number of rotatable bonds is 11. The Bertz CT molecular complexity index is 392. The molecule has 0 saturated carbocycles. The Labute approximate surface area is 127 Å². The second-order valence-corrected chi connectivity index (χ2v) is 9.61. The molecule has 0 fully saturated rings. The molecule has 0 aromatic heterocycles. The SMILES string of the molecule is C#CCC(C)(P(=O)(OCC)OCC)P(=O)(OCC)OCC. The zero-order valence-corrected chi connectivity index (χ0v) is 15.2. The molecule has 0 aliphatic rings. The van der Waals surface area contributed by atoms with Crippen molar-refractivity contribution in [3.63, 3.8) is 0 Å². The van der Waals surface area contributed by atoms with Crippen molar-refractivity contribution in [1.29, 1.82) is 0 Å². The van der Waals surface area contributed by atoms with E-state index in [1.165, 1.54) is 6.92 Å². The van der Waals surface area contributed by atoms with Crippen molar-refractivity contribution in [3.05, 3.63) is 0 Å². The summed E-state index contributed by atoms with van der Waals surface area (Å²) in [6.07, 6.45) is 5.27. The highest BCUT2D eigenvalue weighted by Gasteiger charge is 2.61. The van der Waals surface area contributed by atoms with Crippen molar-refractivity contribution in [1.82, 2.24) is 0 Å². The largest absolute Gasteiger partial charge is 0.349 e. The van der Waals surface area contributed by atoms with Crippen LogP contribution in [0, 0.1) is 12.3 Å². The minimum absolute atomic E-state index is 0.110. The van der Waals surface area contributed by atoms with Crippen LogP contribution in [0.15, 0.2) is 0 Å². The molecular weight excluding hydrogens is 314 g/mol. The van der Waals surface area contributed by atoms with Gasteiger partial charge in [-0.1, -0.05) is 0 Å². The molecular formula is C13H26O6P2. The topological polar surface area (TPSA) is 71.1 Å². The fraction of sp³-hybridized carbons (Fsp3) is 0.846. The fourth-order valence-corrected chi connectivity index (χ4v) is 6.93. The van der Waals surface area contributed by atoms with Crippen LogP contribution in [0.4, 0.5) is 0 Å². The Morgan fingerprint density at radius 1 is 0.857 bits per heavy atom. The van der Waals surface area contributed by atoms with Crippen molar-refractivity contribution < 1.29 is 27.2 Å². The highest BCUT2D eigenvalue weighted by Crippen LogP contribution is 2.78. The van der Waals surface area contributed by atoms with E-state index < -0.39 is 20.1 Å². The summed E-state index contributed by atoms with van der Waals surface area (Å²) in [5.41, 5.74) is 0. The van der Waals surface area contributed by atoms with E-state index in [0.29, 0.717) is 0 Å². The van der Waals surface area contributed by atoms with Crippen LogP contribution < -0.4 is 0 Å². The molecule has 0 aliphatic heterocycles. The van der Waals surface area contributed by atoms with Crippen LogP contribution in [0.2, 0.25) is 0 Å². The van der Waals surface area contributed by atoms with E-state index >= 15 is 0 Å². The van der Waals surface area contributed by atoms with Crippen molar-refractivity contribution in [2.45, 2.75) is 45.9 Å². The van der Waals surface area contributed by atoms with Crippen LogP contribution in [-0.2, 0) is 27.2 Å². The average Bonchev–Trinajstić information content (AvgIpc) is 2.39. The summed E-state index contributed by atoms with van der Waals surface area (Å²) in [5, 5.41) is 0. The first-order valence-corrected chi connectivity index (χ1v) is 10.1. The van der Waals surface area contributed by atoms with Crippen LogP contribution >= 0.6 is 15.2 Å². The smallest absolute Gasteiger partial charge is 0.308 e. The molecule has 0 atom stereocenters. The molecule has 0 heterocycles. The quantitative estimate of drug-likeness (QED) is 0.413. The Kier molecular flexibility index (Phi) is 9.04. The van der Waals surface area contributed by atoms with Gasteiger partial charge in [0.05, 0.1) is 26.4 Å². The van der Waals surface area contributed by atoms with Gasteiger partial charge in [0.2, 0.25) is 0 Å². The molecule has 8 heteroatoms. The fourth-order valence-electron chi connectivity index (χ4n) is 1.85. The van der Waals surface area contributed by atoms with E-state index in [2.05, 4.69) is 5.92 Å². The van der Waals surface area contributed by atoms with E-state index in [0.717, 1.165) is 0 Å². The predicted molar refractivity (Wildman–Crippen MR) is 83.6 cm³/mol. The van der Waals surface area contributed by atoms with E-state index in [4.69, 9.17) is 24.5 Å². The molecule has 0 aromatic rings. The van der Waals surface area contributed by atoms with Crippen LogP contribution in [-0.4, -0.2) is 31.3 Å². The lowest BCUT2D eigenvalue weighted by atomic mass is 10.3. The summed E-state index contributed by atoms with van der Waals surface area (Å²) in [6.45, 7) is 8.72. The first-order chi connectivity index (χ1) is 9.80. The molecule has 0 N–H and O–H groups in total. The Morgan fingerprint density at radius 2 is 1.14 bits per heavy atom. The maximum atomic E-state index is 13.1. The summed E-state index contributed by atoms with van der Waals surface area (Å²) in [7, 11) is -7.59. The van der Waals surface area contributed by atoms with Crippen LogP contribution in [0.3, 0.4) is 0 Å². The third kappa shape index (κ3) is 4.42. The average molecular weight is 340 g/mol. The van der Waals surface area contributed by atoms with Gasteiger partial charge in [-0.2, -0.15) is 0 Å². The highest BCUT2D eigenvalue weighted by atomic mass is 31.2. The van der Waals surface area contributed by atoms with Crippen molar-refractivity contribution in [2.24, 2.45) is 0 Å². The van der Waals surface area contributed by atoms with Gasteiger partial charge < -0.3 is 18.1 Å². The first-order valence-electron chi connectivity index (χ1n) is 7.02. The van der Waals surface area contributed by atoms with Gasteiger partial charge in [0.1, 0.15) is 0 Å². The number of terminal acetylenes is 1. The second-order valence-electron chi connectivity index (χ2n) is 4.26. The van der Waals surface area contributed by atoms with Crippen LogP contribution in [0.1, 0.15) is 41.0 Å². The first kappa shape index (κ1) is 20.9. The lowest BCUT2D eigenvalue weighted by molar-refractivity contribution is 0.180. The molecule has 0 amide bonds. The van der Waals surface area contributed by atoms with E-state index in [1.54, 1.807) is 27.7 Å². The van der Waals surface area contributed by atoms with E-state index in [-0.39, 0.29) is 32.8 Å². The zero-order chi connectivity index (χ0) is 16.6. The normalized spacial score (nSPS) is 13.1. The predicted octanol–water partition coefficient (Wildman–Crippen LogP) is 4.26. The van der Waals surface area contributed by atoms with Crippen molar-refractivity contribution >= 4 is 15.2 Å². The second kappa shape index (κ2) is 9.10. The summed E-state index contributed by atoms with van der Waals surface area (Å²) in [5.74, 6) is 2.39. The van der Waals surface area contributed by atoms with Gasteiger partial charge in [-0.05, 0) is 34.6 Å². The van der Waals surface area contributed by atoms with Gasteiger partial charge in [0, 0.05) is 6.42 Å². The van der Waals surface area contributed by atoms with Gasteiger partial charge in [-0.3, -0.25) is 9.13 Å². The molecule has 0 rings (SSSR count). The third-order valence-electron chi connectivity index (χ3n) is 2.81. The molecule has 0 radical (unpaired) electrons. The summed E-state index contributed by atoms with van der Waals surface area (Å²) in [4.78, 5) is -1.55. The van der Waals surface area contributed by atoms with E-state index in [9.17, 15) is 9.13 Å². The van der Waals surface area contributed by atoms with Gasteiger partial charge >= 0.3 is 15.2 Å². The lowest BCUT2D eigenvalue weighted by Gasteiger charge is -2.38. The molecule has 0 unspecified atom stereocenters. The third-order valence-corrected chi connectivity index (χ3v) is 9.35. The maximum absolute atomic E-state index is 13.1. The minimum Gasteiger partial charge on any atom is -0.308 e. The van der Waals surface area contributed by atoms with E-state index in [1.807, 2.05) is 0 Å². The summed E-state index contributed by atoms with van der Waals surface area (Å²) >= 11 is 0. The number of hydrogen-bond donors (Lipinski definition) is 0. The van der Waals surface area contributed by atoms with Crippen molar-refractivity contribution in [2.75, 3.05) is 26.4 Å². The molecule has 21 heavy (non-hydrogen) atoms. The van der Waals surface area contributed by atoms with Crippen LogP contribution in [0.5, 0.6) is 0 Å². The molecule has 0 bridgehead atoms. The summed E-state index contributed by atoms with van der Waals surface area (Å²) in [6, 6.07) is 0. The maximum Gasteiger partial charge on any atom is 0.349 e.